The van der Waals surface area contributed by atoms with Crippen LogP contribution in [0.15, 0.2) is 0 Å². The molecule has 0 spiro atoms. The first-order valence-electron chi connectivity index (χ1n) is 6.02. The first-order valence-corrected chi connectivity index (χ1v) is 6.02. The smallest absolute Gasteiger partial charge is 0.323 e. The molecule has 1 unspecified atom stereocenters. The SMILES string of the molecule is CCC(CCCN(C)C(C)C)(NC)C(=O)O. The van der Waals surface area contributed by atoms with Crippen LogP contribution in [0, 0.1) is 0 Å². The van der Waals surface area contributed by atoms with E-state index in [-0.39, 0.29) is 0 Å². The molecule has 0 saturated heterocycles. The highest BCUT2D eigenvalue weighted by molar-refractivity contribution is 5.78. The summed E-state index contributed by atoms with van der Waals surface area (Å²) in [7, 11) is 3.79. The number of hydrogen-bond donors (Lipinski definition) is 2. The third-order valence-electron chi connectivity index (χ3n) is 3.49. The van der Waals surface area contributed by atoms with Crippen molar-refractivity contribution in [3.63, 3.8) is 0 Å². The summed E-state index contributed by atoms with van der Waals surface area (Å²) in [5, 5.41) is 12.2. The summed E-state index contributed by atoms with van der Waals surface area (Å²) in [6.45, 7) is 7.13. The molecule has 0 saturated carbocycles. The Morgan fingerprint density at radius 1 is 1.50 bits per heavy atom. The monoisotopic (exact) mass is 230 g/mol. The number of carbonyl (C=O) groups is 1. The molecule has 0 aromatic rings. The van der Waals surface area contributed by atoms with E-state index < -0.39 is 11.5 Å². The summed E-state index contributed by atoms with van der Waals surface area (Å²) < 4.78 is 0. The van der Waals surface area contributed by atoms with E-state index in [1.165, 1.54) is 0 Å². The van der Waals surface area contributed by atoms with Crippen molar-refractivity contribution in [3.8, 4) is 0 Å². The predicted octanol–water partition coefficient (Wildman–Crippen LogP) is 1.56. The molecule has 4 heteroatoms. The largest absolute Gasteiger partial charge is 0.480 e. The maximum atomic E-state index is 11.2. The van der Waals surface area contributed by atoms with Gasteiger partial charge in [0.15, 0.2) is 0 Å². The normalized spacial score (nSPS) is 15.4. The zero-order valence-electron chi connectivity index (χ0n) is 11.2. The molecule has 0 heterocycles. The molecular weight excluding hydrogens is 204 g/mol. The van der Waals surface area contributed by atoms with Gasteiger partial charge >= 0.3 is 5.97 Å². The highest BCUT2D eigenvalue weighted by atomic mass is 16.4. The fraction of sp³-hybridized carbons (Fsp3) is 0.917. The molecule has 0 amide bonds. The number of nitrogens with one attached hydrogen (secondary N) is 1. The van der Waals surface area contributed by atoms with Crippen molar-refractivity contribution in [1.29, 1.82) is 0 Å². The van der Waals surface area contributed by atoms with E-state index in [0.717, 1.165) is 13.0 Å². The van der Waals surface area contributed by atoms with Gasteiger partial charge in [-0.05, 0) is 53.8 Å². The number of rotatable bonds is 8. The second-order valence-electron chi connectivity index (χ2n) is 4.67. The standard InChI is InChI=1S/C12H26N2O2/c1-6-12(13-4,11(15)16)8-7-9-14(5)10(2)3/h10,13H,6-9H2,1-5H3,(H,15,16). The summed E-state index contributed by atoms with van der Waals surface area (Å²) in [6, 6.07) is 0.510. The fourth-order valence-corrected chi connectivity index (χ4v) is 1.73. The van der Waals surface area contributed by atoms with Gasteiger partial charge in [0.25, 0.3) is 0 Å². The lowest BCUT2D eigenvalue weighted by Crippen LogP contribution is -2.50. The van der Waals surface area contributed by atoms with Gasteiger partial charge in [-0.2, -0.15) is 0 Å². The van der Waals surface area contributed by atoms with E-state index in [9.17, 15) is 9.90 Å². The lowest BCUT2D eigenvalue weighted by Gasteiger charge is -2.29. The van der Waals surface area contributed by atoms with Crippen molar-refractivity contribution in [2.45, 2.75) is 51.6 Å². The Hall–Kier alpha value is -0.610. The summed E-state index contributed by atoms with van der Waals surface area (Å²) in [5.74, 6) is -0.746. The van der Waals surface area contributed by atoms with E-state index in [2.05, 4.69) is 31.1 Å². The van der Waals surface area contributed by atoms with Crippen LogP contribution in [0.1, 0.15) is 40.0 Å². The Kier molecular flexibility index (Phi) is 6.60. The molecule has 96 valence electrons. The molecule has 0 rings (SSSR count). The van der Waals surface area contributed by atoms with Gasteiger partial charge in [-0.25, -0.2) is 0 Å². The molecule has 16 heavy (non-hydrogen) atoms. The summed E-state index contributed by atoms with van der Waals surface area (Å²) >= 11 is 0. The summed E-state index contributed by atoms with van der Waals surface area (Å²) in [6.07, 6.45) is 2.19. The van der Waals surface area contributed by atoms with E-state index >= 15 is 0 Å². The number of nitrogens with zero attached hydrogens (tertiary/aromatic N) is 1. The molecule has 0 aromatic carbocycles. The van der Waals surface area contributed by atoms with Crippen LogP contribution in [-0.4, -0.2) is 48.2 Å². The maximum Gasteiger partial charge on any atom is 0.323 e. The van der Waals surface area contributed by atoms with Crippen molar-refractivity contribution >= 4 is 5.97 Å². The van der Waals surface area contributed by atoms with Gasteiger partial charge in [0.1, 0.15) is 5.54 Å². The number of likely N-dealkylation sites (N-methyl/N-ethyl adjacent to an activating group) is 1. The molecule has 1 atom stereocenters. The van der Waals surface area contributed by atoms with E-state index in [1.54, 1.807) is 7.05 Å². The van der Waals surface area contributed by atoms with Gasteiger partial charge in [0.05, 0.1) is 0 Å². The molecule has 0 radical (unpaired) electrons. The highest BCUT2D eigenvalue weighted by Crippen LogP contribution is 2.17. The Morgan fingerprint density at radius 3 is 2.38 bits per heavy atom. The van der Waals surface area contributed by atoms with E-state index in [4.69, 9.17) is 0 Å². The lowest BCUT2D eigenvalue weighted by molar-refractivity contribution is -0.145. The van der Waals surface area contributed by atoms with Crippen LogP contribution in [0.5, 0.6) is 0 Å². The van der Waals surface area contributed by atoms with Gasteiger partial charge < -0.3 is 15.3 Å². The van der Waals surface area contributed by atoms with E-state index in [0.29, 0.717) is 18.9 Å². The maximum absolute atomic E-state index is 11.2. The Balaban J connectivity index is 4.19. The number of hydrogen-bond acceptors (Lipinski definition) is 3. The van der Waals surface area contributed by atoms with Crippen molar-refractivity contribution in [3.05, 3.63) is 0 Å². The fourth-order valence-electron chi connectivity index (χ4n) is 1.73. The average molecular weight is 230 g/mol. The van der Waals surface area contributed by atoms with Crippen LogP contribution in [0.2, 0.25) is 0 Å². The molecule has 0 aromatic heterocycles. The first-order chi connectivity index (χ1) is 7.39. The molecule has 0 bridgehead atoms. The first kappa shape index (κ1) is 15.4. The van der Waals surface area contributed by atoms with Crippen molar-refractivity contribution in [2.75, 3.05) is 20.6 Å². The van der Waals surface area contributed by atoms with Crippen LogP contribution in [0.25, 0.3) is 0 Å². The molecular formula is C12H26N2O2. The van der Waals surface area contributed by atoms with Gasteiger partial charge in [0.2, 0.25) is 0 Å². The molecule has 4 nitrogen and oxygen atoms in total. The van der Waals surface area contributed by atoms with Gasteiger partial charge in [-0.1, -0.05) is 6.92 Å². The number of carboxylic acid groups (broad SMARTS) is 1. The highest BCUT2D eigenvalue weighted by Gasteiger charge is 2.34. The quantitative estimate of drug-likeness (QED) is 0.664. The molecule has 2 N–H and O–H groups in total. The van der Waals surface area contributed by atoms with Crippen molar-refractivity contribution in [1.82, 2.24) is 10.2 Å². The van der Waals surface area contributed by atoms with Crippen LogP contribution < -0.4 is 5.32 Å². The number of carboxylic acids is 1. The van der Waals surface area contributed by atoms with E-state index in [1.807, 2.05) is 6.92 Å². The second kappa shape index (κ2) is 6.86. The summed E-state index contributed by atoms with van der Waals surface area (Å²) in [5.41, 5.74) is -0.752. The van der Waals surface area contributed by atoms with Crippen LogP contribution >= 0.6 is 0 Å². The zero-order valence-corrected chi connectivity index (χ0v) is 11.2. The molecule has 0 aliphatic carbocycles. The average Bonchev–Trinajstić information content (AvgIpc) is 2.23. The Morgan fingerprint density at radius 2 is 2.06 bits per heavy atom. The van der Waals surface area contributed by atoms with Crippen LogP contribution in [0.3, 0.4) is 0 Å². The predicted molar refractivity (Wildman–Crippen MR) is 66.7 cm³/mol. The zero-order chi connectivity index (χ0) is 12.8. The van der Waals surface area contributed by atoms with Crippen LogP contribution in [0.4, 0.5) is 0 Å². The third kappa shape index (κ3) is 4.10. The second-order valence-corrected chi connectivity index (χ2v) is 4.67. The minimum atomic E-state index is -0.752. The molecule has 0 fully saturated rings. The van der Waals surface area contributed by atoms with Gasteiger partial charge in [0, 0.05) is 6.04 Å². The van der Waals surface area contributed by atoms with Crippen molar-refractivity contribution < 1.29 is 9.90 Å². The Labute approximate surface area is 99.0 Å². The number of aliphatic carboxylic acids is 1. The minimum Gasteiger partial charge on any atom is -0.480 e. The minimum absolute atomic E-state index is 0.510. The molecule has 0 aliphatic rings. The topological polar surface area (TPSA) is 52.6 Å². The Bertz CT molecular complexity index is 213. The molecule has 0 aliphatic heterocycles. The van der Waals surface area contributed by atoms with Crippen molar-refractivity contribution in [2.24, 2.45) is 0 Å². The third-order valence-corrected chi connectivity index (χ3v) is 3.49. The van der Waals surface area contributed by atoms with Crippen LogP contribution in [-0.2, 0) is 4.79 Å². The van der Waals surface area contributed by atoms with Gasteiger partial charge in [-0.3, -0.25) is 4.79 Å². The lowest BCUT2D eigenvalue weighted by atomic mass is 9.90. The summed E-state index contributed by atoms with van der Waals surface area (Å²) in [4.78, 5) is 13.5. The van der Waals surface area contributed by atoms with Gasteiger partial charge in [-0.15, -0.1) is 0 Å².